The zero-order chi connectivity index (χ0) is 16.7. The zero-order valence-electron chi connectivity index (χ0n) is 13.9. The van der Waals surface area contributed by atoms with Gasteiger partial charge in [0, 0.05) is 38.3 Å². The van der Waals surface area contributed by atoms with E-state index in [1.807, 2.05) is 11.8 Å². The highest BCUT2D eigenvalue weighted by atomic mass is 16.5. The Balaban J connectivity index is 1.39. The fourth-order valence-electron chi connectivity index (χ4n) is 3.56. The molecule has 0 spiro atoms. The number of rotatable bonds is 2. The van der Waals surface area contributed by atoms with Gasteiger partial charge in [-0.2, -0.15) is 5.10 Å². The van der Waals surface area contributed by atoms with Gasteiger partial charge >= 0.3 is 0 Å². The van der Waals surface area contributed by atoms with Crippen molar-refractivity contribution in [2.45, 2.75) is 32.4 Å². The number of nitrogens with zero attached hydrogens (tertiary/aromatic N) is 4. The molecule has 1 atom stereocenters. The van der Waals surface area contributed by atoms with Crippen molar-refractivity contribution in [3.05, 3.63) is 11.3 Å². The molecule has 0 aromatic carbocycles. The molecule has 3 aliphatic rings. The van der Waals surface area contributed by atoms with E-state index in [2.05, 4.69) is 5.10 Å². The fourth-order valence-corrected chi connectivity index (χ4v) is 3.56. The van der Waals surface area contributed by atoms with Gasteiger partial charge in [-0.1, -0.05) is 0 Å². The number of fused-ring (bicyclic) bond motifs is 1. The maximum absolute atomic E-state index is 12.7. The monoisotopic (exact) mass is 334 g/mol. The summed E-state index contributed by atoms with van der Waals surface area (Å²) < 4.78 is 12.7. The molecule has 1 aromatic rings. The number of amides is 2. The Kier molecular flexibility index (Phi) is 3.91. The number of hydrogen-bond donors (Lipinski definition) is 0. The molecule has 130 valence electrons. The summed E-state index contributed by atoms with van der Waals surface area (Å²) in [7, 11) is 0. The van der Waals surface area contributed by atoms with Crippen molar-refractivity contribution in [2.24, 2.45) is 0 Å². The highest BCUT2D eigenvalue weighted by Crippen LogP contribution is 2.26. The molecular formula is C16H22N4O4. The molecule has 8 nitrogen and oxygen atoms in total. The van der Waals surface area contributed by atoms with Crippen molar-refractivity contribution < 1.29 is 19.1 Å². The summed E-state index contributed by atoms with van der Waals surface area (Å²) in [5.41, 5.74) is 1.26. The Labute approximate surface area is 140 Å². The number of hydrogen-bond acceptors (Lipinski definition) is 5. The maximum Gasteiger partial charge on any atom is 0.274 e. The Morgan fingerprint density at radius 3 is 2.50 bits per heavy atom. The summed E-state index contributed by atoms with van der Waals surface area (Å²) in [5.74, 6) is 0.679. The smallest absolute Gasteiger partial charge is 0.274 e. The van der Waals surface area contributed by atoms with Crippen molar-refractivity contribution in [1.29, 1.82) is 0 Å². The Morgan fingerprint density at radius 1 is 1.08 bits per heavy atom. The van der Waals surface area contributed by atoms with Gasteiger partial charge in [-0.15, -0.1) is 0 Å². The highest BCUT2D eigenvalue weighted by Gasteiger charge is 2.33. The molecule has 0 saturated carbocycles. The molecule has 2 fully saturated rings. The third-order valence-corrected chi connectivity index (χ3v) is 4.96. The average molecular weight is 334 g/mol. The van der Waals surface area contributed by atoms with Crippen molar-refractivity contribution in [3.8, 4) is 5.88 Å². The van der Waals surface area contributed by atoms with Crippen LogP contribution in [0.15, 0.2) is 0 Å². The van der Waals surface area contributed by atoms with Crippen molar-refractivity contribution in [1.82, 2.24) is 19.6 Å². The molecule has 0 radical (unpaired) electrons. The molecule has 4 rings (SSSR count). The molecule has 24 heavy (non-hydrogen) atoms. The van der Waals surface area contributed by atoms with E-state index in [0.29, 0.717) is 57.5 Å². The maximum atomic E-state index is 12.7. The molecule has 1 unspecified atom stereocenters. The van der Waals surface area contributed by atoms with Crippen LogP contribution >= 0.6 is 0 Å². The second kappa shape index (κ2) is 6.08. The number of piperazine rings is 1. The quantitative estimate of drug-likeness (QED) is 0.764. The minimum absolute atomic E-state index is 0.0603. The van der Waals surface area contributed by atoms with Crippen LogP contribution < -0.4 is 4.74 Å². The van der Waals surface area contributed by atoms with Crippen LogP contribution in [-0.4, -0.2) is 76.9 Å². The van der Waals surface area contributed by atoms with E-state index in [4.69, 9.17) is 9.47 Å². The van der Waals surface area contributed by atoms with Gasteiger partial charge in [0.15, 0.2) is 5.69 Å². The zero-order valence-corrected chi connectivity index (χ0v) is 13.9. The van der Waals surface area contributed by atoms with Gasteiger partial charge in [0.1, 0.15) is 12.7 Å². The molecule has 2 saturated heterocycles. The van der Waals surface area contributed by atoms with Crippen molar-refractivity contribution in [3.63, 3.8) is 0 Å². The second-order valence-electron chi connectivity index (χ2n) is 6.47. The van der Waals surface area contributed by atoms with E-state index in [1.165, 1.54) is 0 Å². The summed E-state index contributed by atoms with van der Waals surface area (Å²) in [6.07, 6.45) is 1.46. The van der Waals surface area contributed by atoms with Crippen LogP contribution in [0.1, 0.15) is 28.9 Å². The normalized spacial score (nSPS) is 23.3. The topological polar surface area (TPSA) is 76.9 Å². The largest absolute Gasteiger partial charge is 0.476 e. The summed E-state index contributed by atoms with van der Waals surface area (Å²) >= 11 is 0. The number of carbonyl (C=O) groups excluding carboxylic acids is 2. The van der Waals surface area contributed by atoms with Crippen molar-refractivity contribution >= 4 is 11.8 Å². The standard InChI is InChI=1S/C16H22N4O4/c1-11-13(17-20-8-10-24-16(11)20)15(22)19-6-4-18(5-7-19)14(21)12-3-2-9-23-12/h12H,2-10H2,1H3. The van der Waals surface area contributed by atoms with Crippen LogP contribution in [0.4, 0.5) is 0 Å². The van der Waals surface area contributed by atoms with E-state index in [-0.39, 0.29) is 17.9 Å². The molecule has 3 aliphatic heterocycles. The Hall–Kier alpha value is -2.09. The minimum Gasteiger partial charge on any atom is -0.476 e. The van der Waals surface area contributed by atoms with Gasteiger partial charge in [0.05, 0.1) is 6.54 Å². The lowest BCUT2D eigenvalue weighted by molar-refractivity contribution is -0.142. The van der Waals surface area contributed by atoms with Gasteiger partial charge in [-0.25, -0.2) is 4.68 Å². The molecule has 0 N–H and O–H groups in total. The lowest BCUT2D eigenvalue weighted by atomic mass is 10.2. The molecule has 1 aromatic heterocycles. The first-order valence-electron chi connectivity index (χ1n) is 8.55. The first kappa shape index (κ1) is 15.4. The van der Waals surface area contributed by atoms with E-state index < -0.39 is 0 Å². The molecule has 4 heterocycles. The first-order chi connectivity index (χ1) is 11.6. The molecule has 2 amide bonds. The van der Waals surface area contributed by atoms with E-state index in [1.54, 1.807) is 9.58 Å². The summed E-state index contributed by atoms with van der Waals surface area (Å²) in [6.45, 7) is 5.99. The number of ether oxygens (including phenoxy) is 2. The average Bonchev–Trinajstić information content (AvgIpc) is 3.33. The lowest BCUT2D eigenvalue weighted by Gasteiger charge is -2.35. The van der Waals surface area contributed by atoms with Gasteiger partial charge in [-0.05, 0) is 19.8 Å². The number of aromatic nitrogens is 2. The van der Waals surface area contributed by atoms with Gasteiger partial charge in [0.25, 0.3) is 11.8 Å². The van der Waals surface area contributed by atoms with E-state index >= 15 is 0 Å². The minimum atomic E-state index is -0.289. The van der Waals surface area contributed by atoms with Crippen LogP contribution in [0.3, 0.4) is 0 Å². The van der Waals surface area contributed by atoms with Crippen LogP contribution in [0.2, 0.25) is 0 Å². The highest BCUT2D eigenvalue weighted by molar-refractivity contribution is 5.94. The van der Waals surface area contributed by atoms with Crippen LogP contribution in [0.5, 0.6) is 5.88 Å². The SMILES string of the molecule is Cc1c(C(=O)N2CCN(C(=O)C3CCCO3)CC2)nn2c1OCC2. The molecule has 0 aliphatic carbocycles. The van der Waals surface area contributed by atoms with Gasteiger partial charge < -0.3 is 19.3 Å². The van der Waals surface area contributed by atoms with Crippen LogP contribution in [0, 0.1) is 6.92 Å². The van der Waals surface area contributed by atoms with E-state index in [9.17, 15) is 9.59 Å². The molecular weight excluding hydrogens is 312 g/mol. The summed E-state index contributed by atoms with van der Waals surface area (Å²) in [4.78, 5) is 28.7. The van der Waals surface area contributed by atoms with Crippen LogP contribution in [-0.2, 0) is 16.1 Å². The van der Waals surface area contributed by atoms with Crippen LogP contribution in [0.25, 0.3) is 0 Å². The molecule has 8 heteroatoms. The van der Waals surface area contributed by atoms with Gasteiger partial charge in [0.2, 0.25) is 5.88 Å². The van der Waals surface area contributed by atoms with Gasteiger partial charge in [-0.3, -0.25) is 9.59 Å². The predicted molar refractivity (Wildman–Crippen MR) is 83.9 cm³/mol. The summed E-state index contributed by atoms with van der Waals surface area (Å²) in [6, 6.07) is 0. The predicted octanol–water partition coefficient (Wildman–Crippen LogP) is 0.0473. The Bertz CT molecular complexity index is 657. The van der Waals surface area contributed by atoms with Crippen molar-refractivity contribution in [2.75, 3.05) is 39.4 Å². The fraction of sp³-hybridized carbons (Fsp3) is 0.688. The second-order valence-corrected chi connectivity index (χ2v) is 6.47. The lowest BCUT2D eigenvalue weighted by Crippen LogP contribution is -2.53. The molecule has 0 bridgehead atoms. The summed E-state index contributed by atoms with van der Waals surface area (Å²) in [5, 5.41) is 4.38. The third kappa shape index (κ3) is 2.54. The van der Waals surface area contributed by atoms with E-state index in [0.717, 1.165) is 18.4 Å². The number of carbonyl (C=O) groups is 2. The third-order valence-electron chi connectivity index (χ3n) is 4.96. The first-order valence-corrected chi connectivity index (χ1v) is 8.55. The Morgan fingerprint density at radius 2 is 1.83 bits per heavy atom.